The molecule has 2 N–H and O–H groups in total. The second-order valence-electron chi connectivity index (χ2n) is 8.12. The summed E-state index contributed by atoms with van der Waals surface area (Å²) < 4.78 is 14.3. The van der Waals surface area contributed by atoms with Crippen molar-refractivity contribution in [2.45, 2.75) is 18.9 Å². The predicted octanol–water partition coefficient (Wildman–Crippen LogP) is 4.44. The molecule has 0 aliphatic heterocycles. The molecule has 7 heteroatoms. The van der Waals surface area contributed by atoms with Crippen LogP contribution in [0, 0.1) is 11.7 Å². The Morgan fingerprint density at radius 2 is 1.91 bits per heavy atom. The number of amides is 2. The zero-order valence-electron chi connectivity index (χ0n) is 17.7. The van der Waals surface area contributed by atoms with E-state index in [2.05, 4.69) is 20.6 Å². The Balaban J connectivity index is 1.24. The number of anilines is 1. The fourth-order valence-corrected chi connectivity index (χ4v) is 3.97. The van der Waals surface area contributed by atoms with Gasteiger partial charge in [0.15, 0.2) is 0 Å². The number of aromatic nitrogens is 2. The lowest BCUT2D eigenvalue weighted by atomic mass is 10.0. The summed E-state index contributed by atoms with van der Waals surface area (Å²) in [5.74, 6) is -1.44. The molecule has 0 saturated heterocycles. The molecule has 33 heavy (non-hydrogen) atoms. The van der Waals surface area contributed by atoms with Crippen LogP contribution in [0.25, 0.3) is 10.8 Å². The van der Waals surface area contributed by atoms with E-state index in [9.17, 15) is 14.0 Å². The van der Waals surface area contributed by atoms with Gasteiger partial charge in [-0.05, 0) is 65.8 Å². The Morgan fingerprint density at radius 3 is 2.76 bits per heavy atom. The van der Waals surface area contributed by atoms with E-state index < -0.39 is 11.7 Å². The monoisotopic (exact) mass is 440 g/mol. The highest BCUT2D eigenvalue weighted by atomic mass is 19.1. The molecule has 0 spiro atoms. The van der Waals surface area contributed by atoms with Crippen molar-refractivity contribution >= 4 is 28.3 Å². The van der Waals surface area contributed by atoms with Crippen molar-refractivity contribution in [2.75, 3.05) is 5.32 Å². The molecule has 2 atom stereocenters. The maximum Gasteiger partial charge on any atom is 0.254 e. The molecular weight excluding hydrogens is 419 g/mol. The van der Waals surface area contributed by atoms with Gasteiger partial charge in [-0.2, -0.15) is 0 Å². The summed E-state index contributed by atoms with van der Waals surface area (Å²) in [5, 5.41) is 7.66. The van der Waals surface area contributed by atoms with Crippen molar-refractivity contribution in [3.05, 3.63) is 102 Å². The average molecular weight is 440 g/mol. The summed E-state index contributed by atoms with van der Waals surface area (Å²) in [4.78, 5) is 33.5. The van der Waals surface area contributed by atoms with Gasteiger partial charge in [-0.15, -0.1) is 0 Å². The summed E-state index contributed by atoms with van der Waals surface area (Å²) in [6.07, 6.45) is 5.78. The van der Waals surface area contributed by atoms with Crippen molar-refractivity contribution < 1.29 is 14.0 Å². The van der Waals surface area contributed by atoms with Crippen molar-refractivity contribution in [2.24, 2.45) is 5.92 Å². The Hall–Kier alpha value is -4.13. The number of carbonyl (C=O) groups is 2. The Morgan fingerprint density at radius 1 is 1.00 bits per heavy atom. The van der Waals surface area contributed by atoms with Gasteiger partial charge in [0.2, 0.25) is 5.91 Å². The molecule has 1 aliphatic rings. The maximum atomic E-state index is 14.3. The molecule has 2 aromatic heterocycles. The third kappa shape index (κ3) is 4.57. The lowest BCUT2D eigenvalue weighted by Crippen LogP contribution is -2.24. The molecule has 2 amide bonds. The predicted molar refractivity (Wildman–Crippen MR) is 123 cm³/mol. The number of carbonyl (C=O) groups excluding carboxylic acids is 2. The van der Waals surface area contributed by atoms with Crippen molar-refractivity contribution in [3.63, 3.8) is 0 Å². The van der Waals surface area contributed by atoms with E-state index in [1.807, 2.05) is 30.3 Å². The lowest BCUT2D eigenvalue weighted by Gasteiger charge is -2.09. The van der Waals surface area contributed by atoms with Gasteiger partial charge < -0.3 is 10.6 Å². The summed E-state index contributed by atoms with van der Waals surface area (Å²) in [5.41, 5.74) is 2.16. The second kappa shape index (κ2) is 8.78. The van der Waals surface area contributed by atoms with E-state index >= 15 is 0 Å². The van der Waals surface area contributed by atoms with Crippen molar-refractivity contribution in [1.29, 1.82) is 0 Å². The van der Waals surface area contributed by atoms with E-state index in [1.165, 1.54) is 6.07 Å². The van der Waals surface area contributed by atoms with Gasteiger partial charge in [-0.1, -0.05) is 18.2 Å². The van der Waals surface area contributed by atoms with Gasteiger partial charge in [-0.3, -0.25) is 19.6 Å². The van der Waals surface area contributed by atoms with Crippen LogP contribution in [0.5, 0.6) is 0 Å². The van der Waals surface area contributed by atoms with Crippen LogP contribution in [0.1, 0.15) is 34.0 Å². The summed E-state index contributed by atoms with van der Waals surface area (Å²) >= 11 is 0. The number of halogens is 1. The summed E-state index contributed by atoms with van der Waals surface area (Å²) in [7, 11) is 0. The number of pyridine rings is 2. The van der Waals surface area contributed by atoms with Gasteiger partial charge in [0.25, 0.3) is 5.91 Å². The quantitative estimate of drug-likeness (QED) is 0.464. The van der Waals surface area contributed by atoms with Gasteiger partial charge in [0, 0.05) is 35.6 Å². The molecule has 2 heterocycles. The van der Waals surface area contributed by atoms with Crippen molar-refractivity contribution in [3.8, 4) is 0 Å². The van der Waals surface area contributed by atoms with E-state index in [0.29, 0.717) is 12.1 Å². The minimum absolute atomic E-state index is 0.0300. The number of rotatable bonds is 6. The standard InChI is InChI=1S/C26H21FN4O2/c27-24-7-5-17(12-23(24)25(32)30-15-20-3-1-2-9-29-20)21-13-22(21)26(33)31-19-6-4-18-14-28-10-8-16(18)11-19/h1-12,14,21-22H,13,15H2,(H,30,32)(H,31,33)/t21-,22+/m0/s1. The third-order valence-electron chi connectivity index (χ3n) is 5.85. The van der Waals surface area contributed by atoms with E-state index in [1.54, 1.807) is 42.9 Å². The van der Waals surface area contributed by atoms with Crippen LogP contribution >= 0.6 is 0 Å². The Bertz CT molecular complexity index is 1340. The molecule has 6 nitrogen and oxygen atoms in total. The normalized spacial score (nSPS) is 16.9. The fraction of sp³-hybridized carbons (Fsp3) is 0.154. The SMILES string of the molecule is O=C(NCc1ccccn1)c1cc([C@@H]2C[C@H]2C(=O)Nc2ccc3cnccc3c2)ccc1F. The molecule has 1 saturated carbocycles. The highest BCUT2D eigenvalue weighted by molar-refractivity contribution is 5.98. The van der Waals surface area contributed by atoms with Crippen LogP contribution in [0.4, 0.5) is 10.1 Å². The Labute approximate surface area is 189 Å². The van der Waals surface area contributed by atoms with Gasteiger partial charge in [0.1, 0.15) is 5.82 Å². The van der Waals surface area contributed by atoms with Crippen molar-refractivity contribution in [1.82, 2.24) is 15.3 Å². The first-order valence-electron chi connectivity index (χ1n) is 10.7. The van der Waals surface area contributed by atoms with Crippen LogP contribution in [-0.2, 0) is 11.3 Å². The summed E-state index contributed by atoms with van der Waals surface area (Å²) in [6.45, 7) is 0.208. The number of benzene rings is 2. The molecular formula is C26H21FN4O2. The van der Waals surface area contributed by atoms with Crippen LogP contribution < -0.4 is 10.6 Å². The van der Waals surface area contributed by atoms with E-state index in [4.69, 9.17) is 0 Å². The maximum absolute atomic E-state index is 14.3. The largest absolute Gasteiger partial charge is 0.346 e. The molecule has 0 bridgehead atoms. The summed E-state index contributed by atoms with van der Waals surface area (Å²) in [6, 6.07) is 17.4. The topological polar surface area (TPSA) is 84.0 Å². The minimum atomic E-state index is -0.593. The number of nitrogens with one attached hydrogen (secondary N) is 2. The molecule has 0 radical (unpaired) electrons. The van der Waals surface area contributed by atoms with Crippen LogP contribution in [0.2, 0.25) is 0 Å². The smallest absolute Gasteiger partial charge is 0.254 e. The van der Waals surface area contributed by atoms with E-state index in [-0.39, 0.29) is 29.9 Å². The zero-order chi connectivity index (χ0) is 22.8. The highest BCUT2D eigenvalue weighted by Crippen LogP contribution is 2.48. The number of nitrogens with zero attached hydrogens (tertiary/aromatic N) is 2. The first kappa shape index (κ1) is 20.8. The Kier molecular flexibility index (Phi) is 5.52. The molecule has 4 aromatic rings. The molecule has 1 aliphatic carbocycles. The van der Waals surface area contributed by atoms with Crippen LogP contribution in [0.15, 0.2) is 79.3 Å². The zero-order valence-corrected chi connectivity index (χ0v) is 17.7. The molecule has 5 rings (SSSR count). The van der Waals surface area contributed by atoms with Gasteiger partial charge >= 0.3 is 0 Å². The van der Waals surface area contributed by atoms with Gasteiger partial charge in [0.05, 0.1) is 17.8 Å². The first-order valence-corrected chi connectivity index (χ1v) is 10.7. The van der Waals surface area contributed by atoms with E-state index in [0.717, 1.165) is 22.0 Å². The first-order chi connectivity index (χ1) is 16.1. The number of hydrogen-bond donors (Lipinski definition) is 2. The lowest BCUT2D eigenvalue weighted by molar-refractivity contribution is -0.117. The number of fused-ring (bicyclic) bond motifs is 1. The number of hydrogen-bond acceptors (Lipinski definition) is 4. The molecule has 1 fully saturated rings. The molecule has 0 unspecified atom stereocenters. The molecule has 164 valence electrons. The second-order valence-corrected chi connectivity index (χ2v) is 8.12. The average Bonchev–Trinajstić information content (AvgIpc) is 3.65. The highest BCUT2D eigenvalue weighted by Gasteiger charge is 2.44. The van der Waals surface area contributed by atoms with Gasteiger partial charge in [-0.25, -0.2) is 4.39 Å². The molecule has 2 aromatic carbocycles. The van der Waals surface area contributed by atoms with Crippen LogP contribution in [-0.4, -0.2) is 21.8 Å². The minimum Gasteiger partial charge on any atom is -0.346 e. The van der Waals surface area contributed by atoms with Crippen LogP contribution in [0.3, 0.4) is 0 Å². The fourth-order valence-electron chi connectivity index (χ4n) is 3.97. The third-order valence-corrected chi connectivity index (χ3v) is 5.85.